The molecule has 134 valence electrons. The van der Waals surface area contributed by atoms with E-state index < -0.39 is 29.3 Å². The molecule has 0 aliphatic heterocycles. The molecule has 0 radical (unpaired) electrons. The van der Waals surface area contributed by atoms with Gasteiger partial charge in [0.15, 0.2) is 0 Å². The van der Waals surface area contributed by atoms with E-state index in [-0.39, 0.29) is 13.1 Å². The van der Waals surface area contributed by atoms with Gasteiger partial charge in [-0.05, 0) is 13.3 Å². The van der Waals surface area contributed by atoms with Crippen molar-refractivity contribution < 1.29 is 28.2 Å². The summed E-state index contributed by atoms with van der Waals surface area (Å²) in [5, 5.41) is 8.99. The molecule has 0 aliphatic carbocycles. The Balaban J connectivity index is 2.90. The molecule has 0 fully saturated rings. The highest BCUT2D eigenvalue weighted by Crippen LogP contribution is 2.30. The van der Waals surface area contributed by atoms with Crippen molar-refractivity contribution >= 4 is 11.9 Å². The van der Waals surface area contributed by atoms with Crippen molar-refractivity contribution in [2.45, 2.75) is 26.2 Å². The fraction of sp³-hybridized carbons (Fsp3) is 0.529. The fourth-order valence-electron chi connectivity index (χ4n) is 2.16. The third-order valence-electron chi connectivity index (χ3n) is 3.53. The van der Waals surface area contributed by atoms with E-state index in [1.807, 2.05) is 0 Å². The summed E-state index contributed by atoms with van der Waals surface area (Å²) in [6.07, 6.45) is 0.358. The number of halogens is 2. The van der Waals surface area contributed by atoms with Crippen molar-refractivity contribution in [2.24, 2.45) is 5.92 Å². The van der Waals surface area contributed by atoms with Crippen LogP contribution in [-0.4, -0.2) is 48.2 Å². The number of hydrogen-bond donors (Lipinski definition) is 1. The molecular formula is C17H23F2NO4. The molecule has 1 aromatic rings. The lowest BCUT2D eigenvalue weighted by atomic mass is 10.1. The average Bonchev–Trinajstić information content (AvgIpc) is 2.57. The number of rotatable bonds is 10. The van der Waals surface area contributed by atoms with E-state index in [0.717, 1.165) is 4.90 Å². The van der Waals surface area contributed by atoms with Crippen molar-refractivity contribution in [3.8, 4) is 0 Å². The highest BCUT2D eigenvalue weighted by molar-refractivity contribution is 5.85. The Kier molecular flexibility index (Phi) is 7.78. The van der Waals surface area contributed by atoms with Crippen molar-refractivity contribution in [1.82, 2.24) is 4.90 Å². The normalized spacial score (nSPS) is 12.7. The maximum atomic E-state index is 14.5. The van der Waals surface area contributed by atoms with Crippen molar-refractivity contribution in [3.63, 3.8) is 0 Å². The van der Waals surface area contributed by atoms with Gasteiger partial charge in [-0.1, -0.05) is 37.3 Å². The van der Waals surface area contributed by atoms with E-state index in [4.69, 9.17) is 9.84 Å². The Morgan fingerprint density at radius 2 is 1.92 bits per heavy atom. The summed E-state index contributed by atoms with van der Waals surface area (Å²) in [6.45, 7) is 3.73. The molecule has 7 heteroatoms. The summed E-state index contributed by atoms with van der Waals surface area (Å²) in [5.74, 6) is -7.17. The first kappa shape index (κ1) is 20.0. The zero-order valence-electron chi connectivity index (χ0n) is 13.9. The zero-order chi connectivity index (χ0) is 18.2. The van der Waals surface area contributed by atoms with E-state index in [2.05, 4.69) is 0 Å². The molecule has 0 spiro atoms. The highest BCUT2D eigenvalue weighted by Gasteiger charge is 2.44. The molecule has 24 heavy (non-hydrogen) atoms. The lowest BCUT2D eigenvalue weighted by molar-refractivity contribution is -0.161. The monoisotopic (exact) mass is 343 g/mol. The van der Waals surface area contributed by atoms with Crippen LogP contribution in [0.25, 0.3) is 0 Å². The van der Waals surface area contributed by atoms with Gasteiger partial charge in [0, 0.05) is 31.9 Å². The highest BCUT2D eigenvalue weighted by atomic mass is 19.3. The molecule has 0 saturated heterocycles. The lowest BCUT2D eigenvalue weighted by Gasteiger charge is -2.28. The molecule has 0 bridgehead atoms. The Morgan fingerprint density at radius 3 is 2.46 bits per heavy atom. The van der Waals surface area contributed by atoms with Crippen LogP contribution in [0.1, 0.15) is 25.8 Å². The van der Waals surface area contributed by atoms with E-state index in [9.17, 15) is 18.4 Å². The standard InChI is InChI=1S/C17H23F2NO4/c1-3-24-11-7-10-20(12-13(2)15(21)22)16(23)17(18,19)14-8-5-4-6-9-14/h4-6,8-9,13H,3,7,10-12H2,1-2H3,(H,21,22). The molecular weight excluding hydrogens is 320 g/mol. The van der Waals surface area contributed by atoms with Gasteiger partial charge in [0.05, 0.1) is 5.92 Å². The Bertz CT molecular complexity index is 537. The summed E-state index contributed by atoms with van der Waals surface area (Å²) >= 11 is 0. The minimum Gasteiger partial charge on any atom is -0.481 e. The smallest absolute Gasteiger partial charge is 0.349 e. The van der Waals surface area contributed by atoms with E-state index >= 15 is 0 Å². The number of amides is 1. The molecule has 1 rings (SSSR count). The van der Waals surface area contributed by atoms with Crippen LogP contribution in [-0.2, 0) is 20.2 Å². The number of alkyl halides is 2. The maximum absolute atomic E-state index is 14.5. The second kappa shape index (κ2) is 9.32. The van der Waals surface area contributed by atoms with Gasteiger partial charge in [0.2, 0.25) is 0 Å². The average molecular weight is 343 g/mol. The van der Waals surface area contributed by atoms with Crippen LogP contribution in [0.4, 0.5) is 8.78 Å². The maximum Gasteiger partial charge on any atom is 0.349 e. The second-order valence-electron chi connectivity index (χ2n) is 5.48. The topological polar surface area (TPSA) is 66.8 Å². The summed E-state index contributed by atoms with van der Waals surface area (Å²) in [5.41, 5.74) is -0.409. The molecule has 1 N–H and O–H groups in total. The summed E-state index contributed by atoms with van der Waals surface area (Å²) in [4.78, 5) is 24.2. The number of aliphatic carboxylic acids is 1. The second-order valence-corrected chi connectivity index (χ2v) is 5.48. The Morgan fingerprint density at radius 1 is 1.29 bits per heavy atom. The number of nitrogens with zero attached hydrogens (tertiary/aromatic N) is 1. The molecule has 1 amide bonds. The van der Waals surface area contributed by atoms with Gasteiger partial charge in [-0.25, -0.2) is 0 Å². The van der Waals surface area contributed by atoms with Gasteiger partial charge in [-0.2, -0.15) is 8.78 Å². The number of carbonyl (C=O) groups excluding carboxylic acids is 1. The van der Waals surface area contributed by atoms with Crippen LogP contribution in [0.5, 0.6) is 0 Å². The van der Waals surface area contributed by atoms with Crippen molar-refractivity contribution in [1.29, 1.82) is 0 Å². The molecule has 1 unspecified atom stereocenters. The Labute approximate surface area is 140 Å². The van der Waals surface area contributed by atoms with Crippen molar-refractivity contribution in [2.75, 3.05) is 26.3 Å². The van der Waals surface area contributed by atoms with Crippen LogP contribution < -0.4 is 0 Å². The first-order valence-electron chi connectivity index (χ1n) is 7.84. The molecule has 5 nitrogen and oxygen atoms in total. The lowest BCUT2D eigenvalue weighted by Crippen LogP contribution is -2.45. The van der Waals surface area contributed by atoms with Crippen LogP contribution in [0.2, 0.25) is 0 Å². The number of hydrogen-bond acceptors (Lipinski definition) is 3. The van der Waals surface area contributed by atoms with Gasteiger partial charge < -0.3 is 14.7 Å². The SMILES string of the molecule is CCOCCCN(CC(C)C(=O)O)C(=O)C(F)(F)c1ccccc1. The fourth-order valence-corrected chi connectivity index (χ4v) is 2.16. The largest absolute Gasteiger partial charge is 0.481 e. The van der Waals surface area contributed by atoms with Gasteiger partial charge in [-0.15, -0.1) is 0 Å². The quantitative estimate of drug-likeness (QED) is 0.664. The number of carbonyl (C=O) groups is 2. The van der Waals surface area contributed by atoms with Gasteiger partial charge in [-0.3, -0.25) is 9.59 Å². The summed E-state index contributed by atoms with van der Waals surface area (Å²) in [7, 11) is 0. The number of carboxylic acids is 1. The summed E-state index contributed by atoms with van der Waals surface area (Å²) < 4.78 is 34.1. The molecule has 0 aromatic heterocycles. The van der Waals surface area contributed by atoms with E-state index in [1.165, 1.54) is 31.2 Å². The predicted molar refractivity (Wildman–Crippen MR) is 84.8 cm³/mol. The molecule has 0 saturated carbocycles. The van der Waals surface area contributed by atoms with Gasteiger partial charge in [0.25, 0.3) is 5.91 Å². The third kappa shape index (κ3) is 5.56. The minimum absolute atomic E-state index is 0.0128. The molecule has 0 aliphatic rings. The number of carboxylic acid groups (broad SMARTS) is 1. The summed E-state index contributed by atoms with van der Waals surface area (Å²) in [6, 6.07) is 6.79. The molecule has 0 heterocycles. The number of ether oxygens (including phenoxy) is 1. The van der Waals surface area contributed by atoms with E-state index in [0.29, 0.717) is 19.6 Å². The van der Waals surface area contributed by atoms with Gasteiger partial charge in [0.1, 0.15) is 0 Å². The van der Waals surface area contributed by atoms with Crippen LogP contribution >= 0.6 is 0 Å². The van der Waals surface area contributed by atoms with Gasteiger partial charge >= 0.3 is 11.9 Å². The minimum atomic E-state index is -3.70. The zero-order valence-corrected chi connectivity index (χ0v) is 13.9. The molecule has 1 aromatic carbocycles. The van der Waals surface area contributed by atoms with Crippen LogP contribution in [0, 0.1) is 5.92 Å². The third-order valence-corrected chi connectivity index (χ3v) is 3.53. The first-order valence-corrected chi connectivity index (χ1v) is 7.84. The first-order chi connectivity index (χ1) is 11.3. The van der Waals surface area contributed by atoms with E-state index in [1.54, 1.807) is 13.0 Å². The number of benzene rings is 1. The predicted octanol–water partition coefficient (Wildman–Crippen LogP) is 2.75. The van der Waals surface area contributed by atoms with Crippen LogP contribution in [0.3, 0.4) is 0 Å². The molecule has 1 atom stereocenters. The van der Waals surface area contributed by atoms with Crippen molar-refractivity contribution in [3.05, 3.63) is 35.9 Å². The Hall–Kier alpha value is -2.02. The van der Waals surface area contributed by atoms with Crippen LogP contribution in [0.15, 0.2) is 30.3 Å².